The molecular weight excluding hydrogens is 196 g/mol. The molecular formula is C11H16O2S. The third-order valence-electron chi connectivity index (χ3n) is 2.04. The zero-order valence-electron chi connectivity index (χ0n) is 8.26. The highest BCUT2D eigenvalue weighted by molar-refractivity contribution is 7.80. The van der Waals surface area contributed by atoms with Gasteiger partial charge in [0.25, 0.3) is 0 Å². The summed E-state index contributed by atoms with van der Waals surface area (Å²) in [7, 11) is 0. The molecule has 0 spiro atoms. The average molecular weight is 212 g/mol. The molecule has 2 atom stereocenters. The van der Waals surface area contributed by atoms with Gasteiger partial charge >= 0.3 is 0 Å². The third kappa shape index (κ3) is 3.70. The van der Waals surface area contributed by atoms with E-state index in [0.29, 0.717) is 12.4 Å². The van der Waals surface area contributed by atoms with E-state index in [1.165, 1.54) is 0 Å². The molecule has 1 rings (SSSR count). The Labute approximate surface area is 90.3 Å². The van der Waals surface area contributed by atoms with E-state index in [9.17, 15) is 5.11 Å². The van der Waals surface area contributed by atoms with Crippen molar-refractivity contribution in [3.63, 3.8) is 0 Å². The van der Waals surface area contributed by atoms with Crippen molar-refractivity contribution in [2.24, 2.45) is 5.92 Å². The SMILES string of the molecule is CC(CS)C(O)OCc1ccccc1. The van der Waals surface area contributed by atoms with Crippen molar-refractivity contribution in [1.82, 2.24) is 0 Å². The van der Waals surface area contributed by atoms with Crippen LogP contribution in [0.5, 0.6) is 0 Å². The standard InChI is InChI=1S/C11H16O2S/c1-9(8-14)11(12)13-7-10-5-3-2-4-6-10/h2-6,9,11-12,14H,7-8H2,1H3. The van der Waals surface area contributed by atoms with Crippen LogP contribution in [0.2, 0.25) is 0 Å². The quantitative estimate of drug-likeness (QED) is 0.578. The predicted octanol–water partition coefficient (Wildman–Crippen LogP) is 2.09. The summed E-state index contributed by atoms with van der Waals surface area (Å²) in [6.45, 7) is 2.35. The van der Waals surface area contributed by atoms with E-state index in [0.717, 1.165) is 5.56 Å². The Morgan fingerprint density at radius 1 is 1.36 bits per heavy atom. The molecule has 14 heavy (non-hydrogen) atoms. The van der Waals surface area contributed by atoms with Gasteiger partial charge in [-0.05, 0) is 11.3 Å². The Kier molecular flexibility index (Phi) is 5.01. The van der Waals surface area contributed by atoms with Gasteiger partial charge in [-0.2, -0.15) is 12.6 Å². The number of hydrogen-bond acceptors (Lipinski definition) is 3. The Hall–Kier alpha value is -0.510. The highest BCUT2D eigenvalue weighted by Crippen LogP contribution is 2.09. The molecule has 0 fully saturated rings. The van der Waals surface area contributed by atoms with Gasteiger partial charge in [0, 0.05) is 5.92 Å². The van der Waals surface area contributed by atoms with E-state index in [2.05, 4.69) is 12.6 Å². The number of benzene rings is 1. The Morgan fingerprint density at radius 2 is 2.00 bits per heavy atom. The second kappa shape index (κ2) is 6.06. The summed E-state index contributed by atoms with van der Waals surface area (Å²) in [4.78, 5) is 0. The Morgan fingerprint density at radius 3 is 2.57 bits per heavy atom. The van der Waals surface area contributed by atoms with Crippen LogP contribution >= 0.6 is 12.6 Å². The maximum Gasteiger partial charge on any atom is 0.158 e. The highest BCUT2D eigenvalue weighted by Gasteiger charge is 2.12. The fraction of sp³-hybridized carbons (Fsp3) is 0.455. The van der Waals surface area contributed by atoms with Crippen LogP contribution in [0.1, 0.15) is 12.5 Å². The van der Waals surface area contributed by atoms with Gasteiger partial charge in [0.15, 0.2) is 6.29 Å². The number of aliphatic hydroxyl groups excluding tert-OH is 1. The molecule has 0 aromatic heterocycles. The molecule has 0 aliphatic heterocycles. The Bertz CT molecular complexity index is 251. The lowest BCUT2D eigenvalue weighted by molar-refractivity contribution is -0.133. The lowest BCUT2D eigenvalue weighted by atomic mass is 10.2. The minimum absolute atomic E-state index is 0.0574. The maximum atomic E-state index is 9.51. The van der Waals surface area contributed by atoms with E-state index >= 15 is 0 Å². The molecule has 0 saturated heterocycles. The van der Waals surface area contributed by atoms with Gasteiger partial charge in [-0.1, -0.05) is 37.3 Å². The molecule has 0 aliphatic carbocycles. The molecule has 3 heteroatoms. The second-order valence-corrected chi connectivity index (χ2v) is 3.71. The maximum absolute atomic E-state index is 9.51. The summed E-state index contributed by atoms with van der Waals surface area (Å²) in [5.41, 5.74) is 1.07. The van der Waals surface area contributed by atoms with Gasteiger partial charge in [0.05, 0.1) is 6.61 Å². The molecule has 78 valence electrons. The van der Waals surface area contributed by atoms with Gasteiger partial charge in [-0.15, -0.1) is 0 Å². The van der Waals surface area contributed by atoms with Crippen LogP contribution < -0.4 is 0 Å². The summed E-state index contributed by atoms with van der Waals surface area (Å²) in [5.74, 6) is 0.678. The third-order valence-corrected chi connectivity index (χ3v) is 2.61. The minimum atomic E-state index is -0.729. The second-order valence-electron chi connectivity index (χ2n) is 3.35. The van der Waals surface area contributed by atoms with Crippen molar-refractivity contribution in [1.29, 1.82) is 0 Å². The largest absolute Gasteiger partial charge is 0.368 e. The van der Waals surface area contributed by atoms with Gasteiger partial charge < -0.3 is 9.84 Å². The fourth-order valence-corrected chi connectivity index (χ4v) is 1.19. The predicted molar refractivity (Wildman–Crippen MR) is 60.3 cm³/mol. The van der Waals surface area contributed by atoms with Crippen molar-refractivity contribution in [3.05, 3.63) is 35.9 Å². The molecule has 2 nitrogen and oxygen atoms in total. The van der Waals surface area contributed by atoms with Crippen LogP contribution in [-0.2, 0) is 11.3 Å². The van der Waals surface area contributed by atoms with Crippen LogP contribution in [0.15, 0.2) is 30.3 Å². The fourth-order valence-electron chi connectivity index (χ4n) is 1.01. The summed E-state index contributed by atoms with van der Waals surface area (Å²) in [6, 6.07) is 9.80. The first-order chi connectivity index (χ1) is 6.74. The van der Waals surface area contributed by atoms with Crippen LogP contribution in [0.3, 0.4) is 0 Å². The number of thiol groups is 1. The molecule has 0 amide bonds. The highest BCUT2D eigenvalue weighted by atomic mass is 32.1. The monoisotopic (exact) mass is 212 g/mol. The summed E-state index contributed by atoms with van der Waals surface area (Å²) in [6.07, 6.45) is -0.729. The van der Waals surface area contributed by atoms with E-state index in [4.69, 9.17) is 4.74 Å². The Balaban J connectivity index is 2.34. The van der Waals surface area contributed by atoms with Crippen LogP contribution in [0, 0.1) is 5.92 Å². The van der Waals surface area contributed by atoms with Crippen LogP contribution in [-0.4, -0.2) is 17.1 Å². The number of hydrogen-bond donors (Lipinski definition) is 2. The van der Waals surface area contributed by atoms with Gasteiger partial charge in [-0.25, -0.2) is 0 Å². The summed E-state index contributed by atoms with van der Waals surface area (Å²) < 4.78 is 5.29. The zero-order chi connectivity index (χ0) is 10.4. The van der Waals surface area contributed by atoms with Crippen molar-refractivity contribution in [2.45, 2.75) is 19.8 Å². The van der Waals surface area contributed by atoms with E-state index in [1.54, 1.807) is 0 Å². The number of aliphatic hydroxyl groups is 1. The molecule has 1 aromatic carbocycles. The topological polar surface area (TPSA) is 29.5 Å². The summed E-state index contributed by atoms with van der Waals surface area (Å²) in [5, 5.41) is 9.51. The molecule has 0 aliphatic rings. The van der Waals surface area contributed by atoms with Crippen molar-refractivity contribution >= 4 is 12.6 Å². The summed E-state index contributed by atoms with van der Waals surface area (Å²) >= 11 is 4.10. The molecule has 2 unspecified atom stereocenters. The lowest BCUT2D eigenvalue weighted by Gasteiger charge is -2.17. The lowest BCUT2D eigenvalue weighted by Crippen LogP contribution is -2.22. The first kappa shape index (κ1) is 11.6. The molecule has 0 radical (unpaired) electrons. The molecule has 1 N–H and O–H groups in total. The molecule has 0 bridgehead atoms. The smallest absolute Gasteiger partial charge is 0.158 e. The van der Waals surface area contributed by atoms with E-state index in [1.807, 2.05) is 37.3 Å². The van der Waals surface area contributed by atoms with Crippen molar-refractivity contribution < 1.29 is 9.84 Å². The van der Waals surface area contributed by atoms with Crippen LogP contribution in [0.25, 0.3) is 0 Å². The van der Waals surface area contributed by atoms with Crippen LogP contribution in [0.4, 0.5) is 0 Å². The first-order valence-corrected chi connectivity index (χ1v) is 5.31. The first-order valence-electron chi connectivity index (χ1n) is 4.68. The average Bonchev–Trinajstić information content (AvgIpc) is 2.26. The normalized spacial score (nSPS) is 15.1. The number of ether oxygens (including phenoxy) is 1. The van der Waals surface area contributed by atoms with Crippen molar-refractivity contribution in [3.8, 4) is 0 Å². The molecule has 0 heterocycles. The van der Waals surface area contributed by atoms with Gasteiger partial charge in [-0.3, -0.25) is 0 Å². The number of rotatable bonds is 5. The van der Waals surface area contributed by atoms with E-state index < -0.39 is 6.29 Å². The van der Waals surface area contributed by atoms with E-state index in [-0.39, 0.29) is 5.92 Å². The molecule has 0 saturated carbocycles. The van der Waals surface area contributed by atoms with Gasteiger partial charge in [0.2, 0.25) is 0 Å². The zero-order valence-corrected chi connectivity index (χ0v) is 9.15. The van der Waals surface area contributed by atoms with Gasteiger partial charge in [0.1, 0.15) is 0 Å². The minimum Gasteiger partial charge on any atom is -0.368 e. The molecule has 1 aromatic rings. The van der Waals surface area contributed by atoms with Crippen molar-refractivity contribution in [2.75, 3.05) is 5.75 Å².